The number of nitrogens with one attached hydrogen (secondary N) is 1. The number of oxazole rings is 1. The zero-order chi connectivity index (χ0) is 13.9. The van der Waals surface area contributed by atoms with Crippen LogP contribution in [-0.2, 0) is 5.41 Å². The fourth-order valence-electron chi connectivity index (χ4n) is 4.13. The van der Waals surface area contributed by atoms with E-state index in [-0.39, 0.29) is 5.41 Å². The van der Waals surface area contributed by atoms with E-state index in [0.29, 0.717) is 29.1 Å². The summed E-state index contributed by atoms with van der Waals surface area (Å²) in [6.45, 7) is 4.86. The van der Waals surface area contributed by atoms with Crippen molar-refractivity contribution in [1.82, 2.24) is 9.88 Å². The summed E-state index contributed by atoms with van der Waals surface area (Å²) in [5.41, 5.74) is 7.21. The predicted octanol–water partition coefficient (Wildman–Crippen LogP) is 1.07. The van der Waals surface area contributed by atoms with Crippen molar-refractivity contribution in [1.29, 1.82) is 5.26 Å². The lowest BCUT2D eigenvalue weighted by atomic mass is 9.60. The first-order valence-electron chi connectivity index (χ1n) is 7.03. The number of anilines is 1. The molecule has 5 rings (SSSR count). The number of piperidine rings is 3. The highest BCUT2D eigenvalue weighted by molar-refractivity contribution is 5.62. The highest BCUT2D eigenvalue weighted by Gasteiger charge is 2.56. The molecule has 6 heteroatoms. The second kappa shape index (κ2) is 3.76. The van der Waals surface area contributed by atoms with Crippen molar-refractivity contribution in [3.63, 3.8) is 0 Å². The second-order valence-corrected chi connectivity index (χ2v) is 5.96. The van der Waals surface area contributed by atoms with E-state index in [1.54, 1.807) is 0 Å². The number of aryl methyl sites for hydroxylation is 1. The molecule has 20 heavy (non-hydrogen) atoms. The van der Waals surface area contributed by atoms with E-state index >= 15 is 0 Å². The Morgan fingerprint density at radius 1 is 1.50 bits per heavy atom. The molecule has 1 atom stereocenters. The van der Waals surface area contributed by atoms with Crippen molar-refractivity contribution in [3.8, 4) is 6.07 Å². The molecule has 1 spiro atoms. The lowest BCUT2D eigenvalue weighted by Gasteiger charge is -2.53. The fraction of sp³-hybridized carbons (Fsp3) is 0.571. The third-order valence-corrected chi connectivity index (χ3v) is 4.99. The van der Waals surface area contributed by atoms with Crippen LogP contribution in [0.2, 0.25) is 0 Å². The smallest absolute Gasteiger partial charge is 0.223 e. The van der Waals surface area contributed by atoms with Gasteiger partial charge < -0.3 is 20.4 Å². The standard InChI is InChI=1S/C14H17N5O/c1-8-17-11-13(20-8)18-12(16)10(6-15)14(11)7-19-4-2-9(14)3-5-19/h9,18H,2-5,7,16H2,1H3. The van der Waals surface area contributed by atoms with E-state index in [1.165, 1.54) is 0 Å². The molecule has 0 amide bonds. The summed E-state index contributed by atoms with van der Waals surface area (Å²) in [5.74, 6) is 2.08. The number of rotatable bonds is 0. The van der Waals surface area contributed by atoms with Crippen LogP contribution >= 0.6 is 0 Å². The summed E-state index contributed by atoms with van der Waals surface area (Å²) in [7, 11) is 0. The lowest BCUT2D eigenvalue weighted by molar-refractivity contribution is 0.0422. The highest BCUT2D eigenvalue weighted by Crippen LogP contribution is 2.52. The quantitative estimate of drug-likeness (QED) is 0.733. The molecule has 3 fully saturated rings. The largest absolute Gasteiger partial charge is 0.425 e. The van der Waals surface area contributed by atoms with Crippen LogP contribution in [-0.4, -0.2) is 29.5 Å². The summed E-state index contributed by atoms with van der Waals surface area (Å²) in [5, 5.41) is 12.6. The Morgan fingerprint density at radius 3 is 2.85 bits per heavy atom. The molecule has 0 aliphatic carbocycles. The molecule has 0 aromatic carbocycles. The zero-order valence-corrected chi connectivity index (χ0v) is 11.4. The van der Waals surface area contributed by atoms with Gasteiger partial charge in [0.05, 0.1) is 17.1 Å². The summed E-state index contributed by atoms with van der Waals surface area (Å²) in [4.78, 5) is 6.99. The van der Waals surface area contributed by atoms with Gasteiger partial charge in [0.25, 0.3) is 0 Å². The molecule has 4 aliphatic rings. The highest BCUT2D eigenvalue weighted by atomic mass is 16.4. The molecule has 104 valence electrons. The van der Waals surface area contributed by atoms with Crippen molar-refractivity contribution < 1.29 is 4.42 Å². The van der Waals surface area contributed by atoms with Crippen molar-refractivity contribution >= 4 is 5.88 Å². The number of aromatic nitrogens is 1. The molecule has 5 heterocycles. The van der Waals surface area contributed by atoms with E-state index in [4.69, 9.17) is 10.2 Å². The first kappa shape index (κ1) is 11.8. The summed E-state index contributed by atoms with van der Waals surface area (Å²) in [6.07, 6.45) is 2.17. The first-order chi connectivity index (χ1) is 9.65. The molecule has 2 bridgehead atoms. The fourth-order valence-corrected chi connectivity index (χ4v) is 4.13. The van der Waals surface area contributed by atoms with Gasteiger partial charge in [0.15, 0.2) is 5.89 Å². The molecular weight excluding hydrogens is 254 g/mol. The number of fused-ring (bicyclic) bond motifs is 3. The zero-order valence-electron chi connectivity index (χ0n) is 11.4. The molecular formula is C14H17N5O. The van der Waals surface area contributed by atoms with Crippen LogP contribution in [0.15, 0.2) is 15.8 Å². The topological polar surface area (TPSA) is 91.1 Å². The number of nitrogens with zero attached hydrogens (tertiary/aromatic N) is 3. The predicted molar refractivity (Wildman–Crippen MR) is 72.5 cm³/mol. The minimum atomic E-state index is -0.381. The summed E-state index contributed by atoms with van der Waals surface area (Å²) in [6, 6.07) is 2.33. The Kier molecular flexibility index (Phi) is 2.22. The molecule has 1 aromatic rings. The number of nitrogens with two attached hydrogens (primary N) is 1. The molecule has 3 N–H and O–H groups in total. The van der Waals surface area contributed by atoms with E-state index in [9.17, 15) is 5.26 Å². The Balaban J connectivity index is 1.97. The van der Waals surface area contributed by atoms with Crippen LogP contribution in [0.3, 0.4) is 0 Å². The minimum Gasteiger partial charge on any atom is -0.425 e. The molecule has 1 aromatic heterocycles. The van der Waals surface area contributed by atoms with Gasteiger partial charge in [0, 0.05) is 13.5 Å². The van der Waals surface area contributed by atoms with E-state index in [2.05, 4.69) is 21.3 Å². The summed E-state index contributed by atoms with van der Waals surface area (Å²) < 4.78 is 5.64. The maximum atomic E-state index is 9.63. The molecule has 4 aliphatic heterocycles. The van der Waals surface area contributed by atoms with Crippen LogP contribution in [0.4, 0.5) is 5.88 Å². The normalized spacial score (nSPS) is 34.8. The number of hydrogen-bond donors (Lipinski definition) is 2. The van der Waals surface area contributed by atoms with E-state index < -0.39 is 0 Å². The van der Waals surface area contributed by atoms with Gasteiger partial charge in [-0.3, -0.25) is 0 Å². The molecule has 1 unspecified atom stereocenters. The van der Waals surface area contributed by atoms with Crippen LogP contribution < -0.4 is 11.1 Å². The Morgan fingerprint density at radius 2 is 2.25 bits per heavy atom. The van der Waals surface area contributed by atoms with E-state index in [0.717, 1.165) is 38.2 Å². The van der Waals surface area contributed by atoms with Crippen LogP contribution in [0, 0.1) is 24.2 Å². The molecule has 6 nitrogen and oxygen atoms in total. The Labute approximate surface area is 117 Å². The van der Waals surface area contributed by atoms with E-state index in [1.807, 2.05) is 6.92 Å². The van der Waals surface area contributed by atoms with Crippen LogP contribution in [0.1, 0.15) is 24.4 Å². The van der Waals surface area contributed by atoms with Crippen molar-refractivity contribution in [2.24, 2.45) is 11.7 Å². The Bertz CT molecular complexity index is 647. The van der Waals surface area contributed by atoms with Gasteiger partial charge in [0.2, 0.25) is 5.88 Å². The van der Waals surface area contributed by atoms with Gasteiger partial charge in [-0.05, 0) is 31.8 Å². The van der Waals surface area contributed by atoms with Gasteiger partial charge in [-0.1, -0.05) is 0 Å². The molecule has 0 radical (unpaired) electrons. The number of nitriles is 1. The van der Waals surface area contributed by atoms with Crippen LogP contribution in [0.25, 0.3) is 0 Å². The minimum absolute atomic E-state index is 0.381. The van der Waals surface area contributed by atoms with Crippen molar-refractivity contribution in [2.45, 2.75) is 25.2 Å². The third-order valence-electron chi connectivity index (χ3n) is 4.99. The van der Waals surface area contributed by atoms with Gasteiger partial charge in [-0.2, -0.15) is 5.26 Å². The Hall–Kier alpha value is -2.00. The maximum absolute atomic E-state index is 9.63. The van der Waals surface area contributed by atoms with Gasteiger partial charge in [-0.25, -0.2) is 4.98 Å². The van der Waals surface area contributed by atoms with Gasteiger partial charge >= 0.3 is 0 Å². The lowest BCUT2D eigenvalue weighted by Crippen LogP contribution is -2.59. The monoisotopic (exact) mass is 271 g/mol. The average Bonchev–Trinajstić information content (AvgIpc) is 2.81. The second-order valence-electron chi connectivity index (χ2n) is 5.96. The van der Waals surface area contributed by atoms with Crippen molar-refractivity contribution in [2.75, 3.05) is 25.0 Å². The van der Waals surface area contributed by atoms with Gasteiger partial charge in [0.1, 0.15) is 11.5 Å². The molecule has 0 saturated carbocycles. The van der Waals surface area contributed by atoms with Gasteiger partial charge in [-0.15, -0.1) is 0 Å². The maximum Gasteiger partial charge on any atom is 0.223 e. The van der Waals surface area contributed by atoms with Crippen molar-refractivity contribution in [3.05, 3.63) is 23.0 Å². The summed E-state index contributed by atoms with van der Waals surface area (Å²) >= 11 is 0. The van der Waals surface area contributed by atoms with Crippen LogP contribution in [0.5, 0.6) is 0 Å². The number of hydrogen-bond acceptors (Lipinski definition) is 6. The first-order valence-corrected chi connectivity index (χ1v) is 7.03. The SMILES string of the molecule is Cc1nc2c(o1)NC(N)=C(C#N)C21CN2CCC1CC2. The molecule has 3 saturated heterocycles. The average molecular weight is 271 g/mol. The third kappa shape index (κ3) is 1.28.